The Kier molecular flexibility index (Phi) is 6.58. The molecular formula is C25H25Cl2N3O3. The predicted octanol–water partition coefficient (Wildman–Crippen LogP) is 7.28. The van der Waals surface area contributed by atoms with E-state index in [4.69, 9.17) is 32.7 Å². The number of fused-ring (bicyclic) bond motifs is 3. The number of H-pyrrole nitrogens is 1. The number of aromatic amines is 1. The number of benzene rings is 3. The van der Waals surface area contributed by atoms with E-state index in [0.717, 1.165) is 33.2 Å². The molecule has 1 amide bonds. The topological polar surface area (TPSA) is 75.4 Å². The van der Waals surface area contributed by atoms with Crippen LogP contribution in [0.3, 0.4) is 0 Å². The average Bonchev–Trinajstić information content (AvgIpc) is 3.09. The van der Waals surface area contributed by atoms with Gasteiger partial charge >= 0.3 is 6.09 Å². The molecule has 3 aromatic carbocycles. The quantitative estimate of drug-likeness (QED) is 0.251. The number of halogens is 2. The monoisotopic (exact) mass is 485 g/mol. The van der Waals surface area contributed by atoms with Crippen LogP contribution >= 0.6 is 23.2 Å². The van der Waals surface area contributed by atoms with Gasteiger partial charge in [-0.05, 0) is 69.3 Å². The Labute approximate surface area is 202 Å². The lowest BCUT2D eigenvalue weighted by molar-refractivity contribution is 0.0520. The fraction of sp³-hybridized carbons (Fsp3) is 0.240. The lowest BCUT2D eigenvalue weighted by Gasteiger charge is -2.19. The minimum atomic E-state index is -0.551. The summed E-state index contributed by atoms with van der Waals surface area (Å²) in [6, 6.07) is 17.1. The number of hydrogen-bond acceptors (Lipinski definition) is 4. The number of ether oxygens (including phenoxy) is 2. The molecule has 0 aliphatic heterocycles. The van der Waals surface area contributed by atoms with Gasteiger partial charge in [-0.2, -0.15) is 0 Å². The second-order valence-electron chi connectivity index (χ2n) is 8.62. The molecule has 1 heterocycles. The van der Waals surface area contributed by atoms with Gasteiger partial charge in [0.25, 0.3) is 0 Å². The number of alkyl carbamates (subject to hydrolysis) is 1. The van der Waals surface area contributed by atoms with Crippen molar-refractivity contribution in [3.05, 3.63) is 64.6 Å². The van der Waals surface area contributed by atoms with Crippen LogP contribution in [0.15, 0.2) is 54.6 Å². The molecule has 0 aliphatic rings. The molecule has 4 aromatic rings. The molecule has 0 fully saturated rings. The third kappa shape index (κ3) is 5.83. The molecule has 6 nitrogen and oxygen atoms in total. The predicted molar refractivity (Wildman–Crippen MR) is 135 cm³/mol. The number of nitrogens with one attached hydrogen (secondary N) is 3. The molecular weight excluding hydrogens is 461 g/mol. The van der Waals surface area contributed by atoms with Crippen LogP contribution in [-0.4, -0.2) is 29.8 Å². The SMILES string of the molecule is CC(C)(C)OC(=O)NCCOc1cc(Nc2ccc(Cl)cc2)cc2c1[nH]c1ccc(Cl)cc12. The van der Waals surface area contributed by atoms with Crippen molar-refractivity contribution in [1.82, 2.24) is 10.3 Å². The second-order valence-corrected chi connectivity index (χ2v) is 9.49. The molecule has 3 N–H and O–H groups in total. The molecule has 4 rings (SSSR count). The highest BCUT2D eigenvalue weighted by molar-refractivity contribution is 6.32. The van der Waals surface area contributed by atoms with Gasteiger partial charge in [0.1, 0.15) is 18.0 Å². The minimum Gasteiger partial charge on any atom is -0.489 e. The van der Waals surface area contributed by atoms with E-state index < -0.39 is 11.7 Å². The zero-order valence-corrected chi connectivity index (χ0v) is 20.1. The molecule has 0 saturated carbocycles. The first kappa shape index (κ1) is 23.1. The number of anilines is 2. The number of hydrogen-bond donors (Lipinski definition) is 3. The third-order valence-electron chi connectivity index (χ3n) is 4.79. The molecule has 0 spiro atoms. The van der Waals surface area contributed by atoms with E-state index in [1.165, 1.54) is 0 Å². The fourth-order valence-electron chi connectivity index (χ4n) is 3.45. The Morgan fingerprint density at radius 3 is 2.39 bits per heavy atom. The van der Waals surface area contributed by atoms with Crippen LogP contribution in [0.2, 0.25) is 10.0 Å². The molecule has 0 saturated heterocycles. The molecule has 172 valence electrons. The van der Waals surface area contributed by atoms with E-state index >= 15 is 0 Å². The van der Waals surface area contributed by atoms with Crippen LogP contribution in [0.4, 0.5) is 16.2 Å². The highest BCUT2D eigenvalue weighted by atomic mass is 35.5. The van der Waals surface area contributed by atoms with Gasteiger partial charge in [-0.25, -0.2) is 4.79 Å². The first-order chi connectivity index (χ1) is 15.7. The maximum atomic E-state index is 11.9. The minimum absolute atomic E-state index is 0.273. The lowest BCUT2D eigenvalue weighted by atomic mass is 10.1. The Morgan fingerprint density at radius 2 is 1.67 bits per heavy atom. The smallest absolute Gasteiger partial charge is 0.407 e. The molecule has 8 heteroatoms. The largest absolute Gasteiger partial charge is 0.489 e. The van der Waals surface area contributed by atoms with E-state index in [2.05, 4.69) is 15.6 Å². The molecule has 1 aromatic heterocycles. The maximum Gasteiger partial charge on any atom is 0.407 e. The van der Waals surface area contributed by atoms with Gasteiger partial charge in [-0.3, -0.25) is 0 Å². The van der Waals surface area contributed by atoms with Crippen LogP contribution < -0.4 is 15.4 Å². The number of rotatable bonds is 6. The van der Waals surface area contributed by atoms with E-state index in [9.17, 15) is 4.79 Å². The van der Waals surface area contributed by atoms with Gasteiger partial charge in [0, 0.05) is 43.8 Å². The van der Waals surface area contributed by atoms with Gasteiger partial charge in [0.15, 0.2) is 0 Å². The molecule has 33 heavy (non-hydrogen) atoms. The molecule has 0 unspecified atom stereocenters. The maximum absolute atomic E-state index is 11.9. The van der Waals surface area contributed by atoms with Crippen LogP contribution in [0.5, 0.6) is 5.75 Å². The Bertz CT molecular complexity index is 1290. The summed E-state index contributed by atoms with van der Waals surface area (Å²) in [5.41, 5.74) is 3.00. The summed E-state index contributed by atoms with van der Waals surface area (Å²) in [7, 11) is 0. The van der Waals surface area contributed by atoms with Gasteiger partial charge in [-0.1, -0.05) is 23.2 Å². The normalized spacial score (nSPS) is 11.5. The molecule has 0 atom stereocenters. The van der Waals surface area contributed by atoms with Crippen molar-refractivity contribution in [2.24, 2.45) is 0 Å². The third-order valence-corrected chi connectivity index (χ3v) is 5.28. The van der Waals surface area contributed by atoms with Gasteiger partial charge in [-0.15, -0.1) is 0 Å². The number of aromatic nitrogens is 1. The molecule has 0 radical (unpaired) electrons. The second kappa shape index (κ2) is 9.41. The number of carbonyl (C=O) groups excluding carboxylic acids is 1. The fourth-order valence-corrected chi connectivity index (χ4v) is 3.75. The standard InChI is InChI=1S/C25H25Cl2N3O3/c1-25(2,3)33-24(31)28-10-11-32-22-14-18(29-17-7-4-15(26)5-8-17)13-20-19-12-16(27)6-9-21(19)30-23(20)22/h4-9,12-14,29-30H,10-11H2,1-3H3,(H,28,31). The van der Waals surface area contributed by atoms with Crippen LogP contribution in [0.25, 0.3) is 21.8 Å². The average molecular weight is 486 g/mol. The summed E-state index contributed by atoms with van der Waals surface area (Å²) in [4.78, 5) is 15.3. The summed E-state index contributed by atoms with van der Waals surface area (Å²) in [5.74, 6) is 0.655. The van der Waals surface area contributed by atoms with Crippen LogP contribution in [-0.2, 0) is 4.74 Å². The van der Waals surface area contributed by atoms with Crippen molar-refractivity contribution in [1.29, 1.82) is 0 Å². The van der Waals surface area contributed by atoms with Gasteiger partial charge in [0.2, 0.25) is 0 Å². The van der Waals surface area contributed by atoms with E-state index in [1.54, 1.807) is 0 Å². The number of carbonyl (C=O) groups is 1. The molecule has 0 bridgehead atoms. The summed E-state index contributed by atoms with van der Waals surface area (Å²) in [6.45, 7) is 6.04. The summed E-state index contributed by atoms with van der Waals surface area (Å²) in [5, 5.41) is 9.40. The highest BCUT2D eigenvalue weighted by Crippen LogP contribution is 2.37. The lowest BCUT2D eigenvalue weighted by Crippen LogP contribution is -2.34. The van der Waals surface area contributed by atoms with Crippen molar-refractivity contribution in [3.8, 4) is 5.75 Å². The zero-order valence-electron chi connectivity index (χ0n) is 18.6. The van der Waals surface area contributed by atoms with Crippen molar-refractivity contribution in [2.75, 3.05) is 18.5 Å². The molecule has 0 aliphatic carbocycles. The first-order valence-electron chi connectivity index (χ1n) is 10.6. The van der Waals surface area contributed by atoms with Crippen LogP contribution in [0.1, 0.15) is 20.8 Å². The van der Waals surface area contributed by atoms with Gasteiger partial charge in [0.05, 0.1) is 12.1 Å². The van der Waals surface area contributed by atoms with Crippen molar-refractivity contribution in [2.45, 2.75) is 26.4 Å². The van der Waals surface area contributed by atoms with E-state index in [-0.39, 0.29) is 6.61 Å². The van der Waals surface area contributed by atoms with Crippen molar-refractivity contribution < 1.29 is 14.3 Å². The van der Waals surface area contributed by atoms with E-state index in [1.807, 2.05) is 75.4 Å². The summed E-state index contributed by atoms with van der Waals surface area (Å²) < 4.78 is 11.3. The van der Waals surface area contributed by atoms with Crippen molar-refractivity contribution in [3.63, 3.8) is 0 Å². The van der Waals surface area contributed by atoms with E-state index in [0.29, 0.717) is 22.3 Å². The highest BCUT2D eigenvalue weighted by Gasteiger charge is 2.16. The van der Waals surface area contributed by atoms with Crippen molar-refractivity contribution >= 4 is 62.5 Å². The number of amides is 1. The summed E-state index contributed by atoms with van der Waals surface area (Å²) in [6.07, 6.45) is -0.477. The summed E-state index contributed by atoms with van der Waals surface area (Å²) >= 11 is 12.3. The van der Waals surface area contributed by atoms with Gasteiger partial charge < -0.3 is 25.1 Å². The first-order valence-corrected chi connectivity index (χ1v) is 11.3. The Morgan fingerprint density at radius 1 is 0.939 bits per heavy atom. The van der Waals surface area contributed by atoms with Crippen LogP contribution in [0, 0.1) is 0 Å². The Hall–Kier alpha value is -3.09. The zero-order chi connectivity index (χ0) is 23.6. The Balaban J connectivity index is 1.60.